The summed E-state index contributed by atoms with van der Waals surface area (Å²) in [6, 6.07) is 17.7. The number of phenols is 1. The fourth-order valence-corrected chi connectivity index (χ4v) is 4.34. The first-order chi connectivity index (χ1) is 16.1. The monoisotopic (exact) mass is 441 g/mol. The standard InChI is InChI=1S/C25H23N5O3/c31-23-20-8-2-1-6-18(20)10-11-21(23)25(33)30-12-4-9-22(30)24(32)28-19-7-3-5-17(13-19)14-29-16-26-15-27-29/h1-3,5-8,10-11,13,15-16,22,31H,4,9,12,14H2,(H,28,32). The van der Waals surface area contributed by atoms with Crippen molar-refractivity contribution in [3.63, 3.8) is 0 Å². The molecule has 2 amide bonds. The van der Waals surface area contributed by atoms with Crippen LogP contribution in [0.4, 0.5) is 5.69 Å². The number of nitrogens with one attached hydrogen (secondary N) is 1. The number of anilines is 1. The van der Waals surface area contributed by atoms with Gasteiger partial charge in [-0.15, -0.1) is 0 Å². The Morgan fingerprint density at radius 2 is 1.97 bits per heavy atom. The quantitative estimate of drug-likeness (QED) is 0.494. The first-order valence-corrected chi connectivity index (χ1v) is 10.8. The summed E-state index contributed by atoms with van der Waals surface area (Å²) in [6.45, 7) is 1.01. The highest BCUT2D eigenvalue weighted by molar-refractivity contribution is 6.06. The van der Waals surface area contributed by atoms with E-state index in [1.54, 1.807) is 28.0 Å². The van der Waals surface area contributed by atoms with Crippen LogP contribution in [0.15, 0.2) is 73.3 Å². The molecule has 5 rings (SSSR count). The number of aromatic hydroxyl groups is 1. The number of hydrogen-bond donors (Lipinski definition) is 2. The zero-order chi connectivity index (χ0) is 22.8. The third kappa shape index (κ3) is 4.15. The molecule has 8 heteroatoms. The topological polar surface area (TPSA) is 100 Å². The van der Waals surface area contributed by atoms with Crippen molar-refractivity contribution >= 4 is 28.3 Å². The molecular weight excluding hydrogens is 418 g/mol. The van der Waals surface area contributed by atoms with E-state index in [4.69, 9.17) is 0 Å². The maximum Gasteiger partial charge on any atom is 0.258 e. The lowest BCUT2D eigenvalue weighted by molar-refractivity contribution is -0.119. The molecule has 4 aromatic rings. The number of nitrogens with zero attached hydrogens (tertiary/aromatic N) is 4. The largest absolute Gasteiger partial charge is 0.506 e. The van der Waals surface area contributed by atoms with Crippen LogP contribution in [-0.4, -0.2) is 49.2 Å². The van der Waals surface area contributed by atoms with Crippen LogP contribution in [0.2, 0.25) is 0 Å². The molecule has 1 fully saturated rings. The van der Waals surface area contributed by atoms with Crippen molar-refractivity contribution in [2.24, 2.45) is 0 Å². The summed E-state index contributed by atoms with van der Waals surface area (Å²) in [4.78, 5) is 31.9. The lowest BCUT2D eigenvalue weighted by Gasteiger charge is -2.24. The number of amides is 2. The Hall–Kier alpha value is -4.20. The molecule has 2 N–H and O–H groups in total. The highest BCUT2D eigenvalue weighted by Gasteiger charge is 2.35. The SMILES string of the molecule is O=C(Nc1cccc(Cn2cncn2)c1)C1CCCN1C(=O)c1ccc2ccccc2c1O. The Morgan fingerprint density at radius 3 is 2.82 bits per heavy atom. The molecule has 1 saturated heterocycles. The van der Waals surface area contributed by atoms with Crippen LogP contribution in [-0.2, 0) is 11.3 Å². The number of likely N-dealkylation sites (tertiary alicyclic amines) is 1. The molecule has 3 aromatic carbocycles. The van der Waals surface area contributed by atoms with E-state index in [0.29, 0.717) is 30.6 Å². The predicted octanol–water partition coefficient (Wildman–Crippen LogP) is 3.43. The Kier molecular flexibility index (Phi) is 5.48. The minimum absolute atomic E-state index is 0.0510. The van der Waals surface area contributed by atoms with E-state index in [-0.39, 0.29) is 23.1 Å². The minimum atomic E-state index is -0.595. The van der Waals surface area contributed by atoms with Gasteiger partial charge < -0.3 is 15.3 Å². The van der Waals surface area contributed by atoms with E-state index in [0.717, 1.165) is 17.4 Å². The Bertz CT molecular complexity index is 1320. The summed E-state index contributed by atoms with van der Waals surface area (Å²) in [5, 5.41) is 19.2. The van der Waals surface area contributed by atoms with E-state index in [9.17, 15) is 14.7 Å². The van der Waals surface area contributed by atoms with Crippen molar-refractivity contribution in [1.29, 1.82) is 0 Å². The molecule has 0 spiro atoms. The van der Waals surface area contributed by atoms with Crippen molar-refractivity contribution in [2.75, 3.05) is 11.9 Å². The molecule has 1 aliphatic rings. The van der Waals surface area contributed by atoms with Gasteiger partial charge in [0.25, 0.3) is 5.91 Å². The molecule has 0 bridgehead atoms. The van der Waals surface area contributed by atoms with Gasteiger partial charge in [0, 0.05) is 17.6 Å². The van der Waals surface area contributed by atoms with Crippen molar-refractivity contribution in [2.45, 2.75) is 25.4 Å². The number of aromatic nitrogens is 3. The lowest BCUT2D eigenvalue weighted by atomic mass is 10.0. The van der Waals surface area contributed by atoms with Crippen LogP contribution in [0.5, 0.6) is 5.75 Å². The summed E-state index contributed by atoms with van der Waals surface area (Å²) in [6.07, 6.45) is 4.41. The van der Waals surface area contributed by atoms with Gasteiger partial charge in [0.05, 0.1) is 12.1 Å². The number of rotatable bonds is 5. The van der Waals surface area contributed by atoms with Crippen LogP contribution in [0, 0.1) is 0 Å². The normalized spacial score (nSPS) is 15.6. The average molecular weight is 441 g/mol. The van der Waals surface area contributed by atoms with Crippen molar-refractivity contribution in [3.8, 4) is 5.75 Å². The minimum Gasteiger partial charge on any atom is -0.506 e. The number of benzene rings is 3. The summed E-state index contributed by atoms with van der Waals surface area (Å²) in [5.41, 5.74) is 1.84. The number of carbonyl (C=O) groups is 2. The zero-order valence-electron chi connectivity index (χ0n) is 17.9. The molecule has 33 heavy (non-hydrogen) atoms. The van der Waals surface area contributed by atoms with Crippen LogP contribution in [0.1, 0.15) is 28.8 Å². The molecule has 1 aliphatic heterocycles. The second-order valence-corrected chi connectivity index (χ2v) is 8.12. The molecule has 166 valence electrons. The molecule has 2 heterocycles. The first kappa shape index (κ1) is 20.7. The smallest absolute Gasteiger partial charge is 0.258 e. The van der Waals surface area contributed by atoms with E-state index < -0.39 is 6.04 Å². The van der Waals surface area contributed by atoms with E-state index in [1.165, 1.54) is 6.33 Å². The van der Waals surface area contributed by atoms with Crippen LogP contribution >= 0.6 is 0 Å². The lowest BCUT2D eigenvalue weighted by Crippen LogP contribution is -2.43. The van der Waals surface area contributed by atoms with E-state index >= 15 is 0 Å². The van der Waals surface area contributed by atoms with Gasteiger partial charge in [-0.2, -0.15) is 5.10 Å². The number of hydrogen-bond acceptors (Lipinski definition) is 5. The Morgan fingerprint density at radius 1 is 1.09 bits per heavy atom. The second kappa shape index (κ2) is 8.74. The van der Waals surface area contributed by atoms with E-state index in [2.05, 4.69) is 15.4 Å². The van der Waals surface area contributed by atoms with Gasteiger partial charge in [-0.1, -0.05) is 42.5 Å². The molecule has 0 aliphatic carbocycles. The molecule has 0 saturated carbocycles. The molecule has 8 nitrogen and oxygen atoms in total. The number of phenolic OH excluding ortho intramolecular Hbond substituents is 1. The third-order valence-corrected chi connectivity index (χ3v) is 5.95. The zero-order valence-corrected chi connectivity index (χ0v) is 17.9. The second-order valence-electron chi connectivity index (χ2n) is 8.12. The van der Waals surface area contributed by atoms with Gasteiger partial charge in [0.2, 0.25) is 5.91 Å². The van der Waals surface area contributed by atoms with Gasteiger partial charge in [-0.05, 0) is 42.0 Å². The maximum atomic E-state index is 13.3. The first-order valence-electron chi connectivity index (χ1n) is 10.8. The molecule has 0 radical (unpaired) electrons. The summed E-state index contributed by atoms with van der Waals surface area (Å²) < 4.78 is 1.70. The van der Waals surface area contributed by atoms with Crippen molar-refractivity contribution in [1.82, 2.24) is 19.7 Å². The van der Waals surface area contributed by atoms with Crippen molar-refractivity contribution < 1.29 is 14.7 Å². The summed E-state index contributed by atoms with van der Waals surface area (Å²) >= 11 is 0. The number of fused-ring (bicyclic) bond motifs is 1. The summed E-state index contributed by atoms with van der Waals surface area (Å²) in [5.74, 6) is -0.625. The molecule has 1 aromatic heterocycles. The highest BCUT2D eigenvalue weighted by atomic mass is 16.3. The summed E-state index contributed by atoms with van der Waals surface area (Å²) in [7, 11) is 0. The van der Waals surface area contributed by atoms with Gasteiger partial charge in [0.1, 0.15) is 24.4 Å². The van der Waals surface area contributed by atoms with Crippen molar-refractivity contribution in [3.05, 3.63) is 84.4 Å². The molecular formula is C25H23N5O3. The van der Waals surface area contributed by atoms with Gasteiger partial charge in [0.15, 0.2) is 0 Å². The van der Waals surface area contributed by atoms with Gasteiger partial charge >= 0.3 is 0 Å². The van der Waals surface area contributed by atoms with Gasteiger partial charge in [-0.25, -0.2) is 9.67 Å². The van der Waals surface area contributed by atoms with Crippen LogP contribution in [0.3, 0.4) is 0 Å². The van der Waals surface area contributed by atoms with Crippen LogP contribution < -0.4 is 5.32 Å². The molecule has 1 unspecified atom stereocenters. The molecule has 1 atom stereocenters. The number of carbonyl (C=O) groups excluding carboxylic acids is 2. The van der Waals surface area contributed by atoms with Crippen LogP contribution in [0.25, 0.3) is 10.8 Å². The van der Waals surface area contributed by atoms with Gasteiger partial charge in [-0.3, -0.25) is 9.59 Å². The van der Waals surface area contributed by atoms with E-state index in [1.807, 2.05) is 48.5 Å². The fourth-order valence-electron chi connectivity index (χ4n) is 4.34. The predicted molar refractivity (Wildman–Crippen MR) is 124 cm³/mol. The third-order valence-electron chi connectivity index (χ3n) is 5.95. The maximum absolute atomic E-state index is 13.3. The highest BCUT2D eigenvalue weighted by Crippen LogP contribution is 2.31. The fraction of sp³-hybridized carbons (Fsp3) is 0.200. The Balaban J connectivity index is 1.33. The average Bonchev–Trinajstić information content (AvgIpc) is 3.52. The Labute approximate surface area is 190 Å².